The lowest BCUT2D eigenvalue weighted by Crippen LogP contribution is -2.64. The third-order valence-corrected chi connectivity index (χ3v) is 18.0. The Morgan fingerprint density at radius 1 is 0.609 bits per heavy atom. The van der Waals surface area contributed by atoms with Crippen molar-refractivity contribution in [2.24, 2.45) is 29.0 Å². The summed E-state index contributed by atoms with van der Waals surface area (Å²) in [6.07, 6.45) is -7.94. The Hall–Kier alpha value is -12.0. The molecule has 2 unspecified atom stereocenters. The Kier molecular flexibility index (Phi) is 40.7. The number of carboxylic acids is 4. The van der Waals surface area contributed by atoms with Crippen LogP contribution in [0.5, 0.6) is 0 Å². The van der Waals surface area contributed by atoms with E-state index in [0.29, 0.717) is 40.1 Å². The van der Waals surface area contributed by atoms with Crippen LogP contribution in [-0.4, -0.2) is 272 Å². The number of unbranched alkanes of at least 4 members (excludes halogenated alkanes) is 4. The summed E-state index contributed by atoms with van der Waals surface area (Å²) in [4.78, 5) is 276. The monoisotopic (exact) mass is 1630 g/mol. The van der Waals surface area contributed by atoms with Gasteiger partial charge in [0.15, 0.2) is 12.2 Å². The maximum Gasteiger partial charge on any atom is 0.335 e. The van der Waals surface area contributed by atoms with Crippen LogP contribution in [-0.2, 0) is 112 Å². The standard InChI is InChI=1S/C71H107N17O27/c1-33(2)17-11-9-10-12-21-47(90)78-43(27-37-30-75-39-19-14-13-18-38(37)39)64(105)81-42(23-25-51(95)96)63(104)86-55(57(99)59(74)100)68(109)85-54-36(6)115-71(113)53(34(3)4)84-62(103)41(22-24-50(93)94)82-65(106)44(28-46(73)89)79-48(91)31-76-67(108)56(58(114-8)70(111)112)87-61(102)40(20-15-16-26-72)80-66(107)45(29-52(97)98)83-60(101)35(5)77-49(92)32-88(7)69(54)110/h13-14,18-19,30,33-36,40-45,53-58,75,99H,9-12,15-17,20-29,31-32,72H2,1-8H3,(H2,73,89)(H2,74,100)(H,76,108)(H,77,92)(H,78,90)(H,79,91)(H,80,107)(H,81,105)(H,82,106)(H,83,101)(H,84,103)(H,85,109)(H,86,104)(H,87,102)(H,93,94)(H,95,96)(H,97,98)(H,111,112)/t35-,36+,40?,41?,42+,43-,44+,45-,53-,54-,55-,56-,57+,58+/m0/s1. The third-order valence-electron chi connectivity index (χ3n) is 18.0. The van der Waals surface area contributed by atoms with Crippen molar-refractivity contribution in [3.05, 3.63) is 36.0 Å². The number of carboxylic acid groups (broad SMARTS) is 4. The first-order valence-corrected chi connectivity index (χ1v) is 37.0. The molecule has 0 bridgehead atoms. The van der Waals surface area contributed by atoms with Crippen LogP contribution in [0.25, 0.3) is 10.9 Å². The van der Waals surface area contributed by atoms with Crippen LogP contribution in [0, 0.1) is 11.8 Å². The number of cyclic esters (lactones) is 1. The lowest BCUT2D eigenvalue weighted by Gasteiger charge is -2.32. The van der Waals surface area contributed by atoms with E-state index in [9.17, 15) is 121 Å². The van der Waals surface area contributed by atoms with Gasteiger partial charge in [-0.15, -0.1) is 0 Å². The number of aliphatic hydroxyl groups excluding tert-OH is 1. The van der Waals surface area contributed by atoms with Gasteiger partial charge < -0.3 is 126 Å². The Labute approximate surface area is 659 Å². The molecule has 14 atom stereocenters. The van der Waals surface area contributed by atoms with Crippen molar-refractivity contribution < 1.29 is 131 Å². The molecule has 3 rings (SSSR count). The first kappa shape index (κ1) is 97.2. The number of carbonyl (C=O) groups is 20. The van der Waals surface area contributed by atoms with Gasteiger partial charge in [0, 0.05) is 56.9 Å². The van der Waals surface area contributed by atoms with Crippen LogP contribution in [0.3, 0.4) is 0 Å². The van der Waals surface area contributed by atoms with Crippen molar-refractivity contribution in [2.45, 2.75) is 229 Å². The van der Waals surface area contributed by atoms with Crippen molar-refractivity contribution >= 4 is 129 Å². The predicted molar refractivity (Wildman–Crippen MR) is 399 cm³/mol. The fourth-order valence-corrected chi connectivity index (χ4v) is 11.7. The largest absolute Gasteiger partial charge is 0.481 e. The number of hydrogen-bond acceptors (Lipinski definition) is 24. The highest BCUT2D eigenvalue weighted by atomic mass is 16.5. The highest BCUT2D eigenvalue weighted by molar-refractivity contribution is 6.02. The number of benzene rings is 1. The summed E-state index contributed by atoms with van der Waals surface area (Å²) in [6, 6.07) is -15.7. The number of aliphatic carboxylic acids is 4. The minimum Gasteiger partial charge on any atom is -0.481 e. The molecule has 2 aromatic rings. The maximum absolute atomic E-state index is 14.9. The molecule has 1 aromatic heterocycles. The number of esters is 1. The topological polar surface area (TPSA) is 702 Å². The fraction of sp³-hybridized carbons (Fsp3) is 0.606. The first-order chi connectivity index (χ1) is 54.0. The number of fused-ring (bicyclic) bond motifs is 1. The molecule has 0 aliphatic carbocycles. The van der Waals surface area contributed by atoms with E-state index in [1.54, 1.807) is 30.5 Å². The van der Waals surface area contributed by atoms with E-state index in [0.717, 1.165) is 47.3 Å². The molecule has 0 spiro atoms. The predicted octanol–water partition coefficient (Wildman–Crippen LogP) is -6.61. The number of rotatable bonds is 36. The minimum atomic E-state index is -2.80. The number of nitrogens with zero attached hydrogens (tertiary/aromatic N) is 1. The number of aromatic nitrogens is 1. The van der Waals surface area contributed by atoms with E-state index in [1.807, 2.05) is 10.6 Å². The Morgan fingerprint density at radius 3 is 1.77 bits per heavy atom. The number of methoxy groups -OCH3 is 1. The van der Waals surface area contributed by atoms with Gasteiger partial charge in [-0.2, -0.15) is 0 Å². The summed E-state index contributed by atoms with van der Waals surface area (Å²) < 4.78 is 10.7. The van der Waals surface area contributed by atoms with E-state index >= 15 is 0 Å². The van der Waals surface area contributed by atoms with Crippen LogP contribution in [0.2, 0.25) is 0 Å². The van der Waals surface area contributed by atoms with Crippen molar-refractivity contribution in [2.75, 3.05) is 33.8 Å². The molecule has 44 heteroatoms. The van der Waals surface area contributed by atoms with Crippen molar-refractivity contribution in [1.82, 2.24) is 73.7 Å². The molecule has 15 amide bonds. The van der Waals surface area contributed by atoms with Crippen molar-refractivity contribution in [1.29, 1.82) is 0 Å². The molecule has 1 saturated heterocycles. The highest BCUT2D eigenvalue weighted by Crippen LogP contribution is 2.21. The van der Waals surface area contributed by atoms with Gasteiger partial charge in [-0.05, 0) is 82.4 Å². The SMILES string of the molecule is CO[C@@H](C(=O)O)[C@@H]1NC(=O)C(CCCCN)NC(=O)[C@H](CC(=O)O)NC(=O)[C@H](C)NC(=O)CN(C)C(=O)[C@@H](NC(=O)[C@@H](NC(=O)[C@@H](CCC(=O)O)NC(=O)[C@H](Cc2c[nH]c3ccccc23)NC(=O)CCCCCCC(C)C)[C@@H](O)C(N)=O)[C@@H](C)OC(=O)[C@H](C(C)C)NC(=O)C(CCC(=O)O)NC(=O)[C@@H](CC(N)=O)NC(=O)CNC1=O. The van der Waals surface area contributed by atoms with Crippen LogP contribution in [0.15, 0.2) is 30.5 Å². The molecule has 0 saturated carbocycles. The molecule has 1 aromatic carbocycles. The second-order valence-corrected chi connectivity index (χ2v) is 28.2. The van der Waals surface area contributed by atoms with Gasteiger partial charge in [0.05, 0.1) is 25.9 Å². The number of H-pyrrole nitrogens is 1. The van der Waals surface area contributed by atoms with Gasteiger partial charge in [-0.1, -0.05) is 71.6 Å². The number of aromatic amines is 1. The Balaban J connectivity index is 2.26. The van der Waals surface area contributed by atoms with Gasteiger partial charge in [0.25, 0.3) is 0 Å². The molecular formula is C71H107N17O27. The smallest absolute Gasteiger partial charge is 0.335 e. The molecule has 1 aliphatic rings. The summed E-state index contributed by atoms with van der Waals surface area (Å²) >= 11 is 0. The van der Waals surface area contributed by atoms with Crippen LogP contribution in [0.4, 0.5) is 0 Å². The van der Waals surface area contributed by atoms with E-state index < -0.39 is 261 Å². The zero-order valence-electron chi connectivity index (χ0n) is 65.0. The molecular weight excluding hydrogens is 1520 g/mol. The van der Waals surface area contributed by atoms with E-state index in [2.05, 4.69) is 72.0 Å². The summed E-state index contributed by atoms with van der Waals surface area (Å²) in [5, 5.41) is 77.8. The first-order valence-electron chi connectivity index (χ1n) is 37.0. The van der Waals surface area contributed by atoms with E-state index in [-0.39, 0.29) is 38.6 Å². The average molecular weight is 1630 g/mol. The maximum atomic E-state index is 14.9. The zero-order valence-corrected chi connectivity index (χ0v) is 65.0. The van der Waals surface area contributed by atoms with E-state index in [1.165, 1.54) is 13.8 Å². The van der Waals surface area contributed by atoms with Gasteiger partial charge in [-0.25, -0.2) is 9.59 Å². The number of amides is 15. The van der Waals surface area contributed by atoms with Gasteiger partial charge in [0.2, 0.25) is 88.6 Å². The third kappa shape index (κ3) is 33.3. The highest BCUT2D eigenvalue weighted by Gasteiger charge is 2.43. The average Bonchev–Trinajstić information content (AvgIpc) is 1.71. The second-order valence-electron chi connectivity index (χ2n) is 28.2. The number of likely N-dealkylation sites (N-methyl/N-ethyl adjacent to an activating group) is 1. The number of para-hydroxylation sites is 1. The molecule has 1 aliphatic heterocycles. The lowest BCUT2D eigenvalue weighted by atomic mass is 10.0. The van der Waals surface area contributed by atoms with Crippen LogP contribution < -0.4 is 81.0 Å². The molecule has 2 heterocycles. The summed E-state index contributed by atoms with van der Waals surface area (Å²) in [6.45, 7) is 6.34. The van der Waals surface area contributed by atoms with Crippen LogP contribution in [0.1, 0.15) is 143 Å². The molecule has 1 fully saturated rings. The number of nitrogens with one attached hydrogen (secondary N) is 13. The quantitative estimate of drug-likeness (QED) is 0.0223. The number of aliphatic hydroxyl groups is 1. The lowest BCUT2D eigenvalue weighted by molar-refractivity contribution is -0.159. The molecule has 44 nitrogen and oxygen atoms in total. The molecule has 24 N–H and O–H groups in total. The van der Waals surface area contributed by atoms with Crippen LogP contribution >= 0.6 is 0 Å². The second kappa shape index (κ2) is 48.2. The Bertz CT molecular complexity index is 3830. The number of hydrogen-bond donors (Lipinski definition) is 21. The molecule has 115 heavy (non-hydrogen) atoms. The number of carbonyl (C=O) groups excluding carboxylic acids is 16. The van der Waals surface area contributed by atoms with Crippen molar-refractivity contribution in [3.63, 3.8) is 0 Å². The normalized spacial score (nSPS) is 21.7. The number of nitrogens with two attached hydrogens (primary N) is 3. The fourth-order valence-electron chi connectivity index (χ4n) is 11.7. The summed E-state index contributed by atoms with van der Waals surface area (Å²) in [5.41, 5.74) is 17.7. The molecule has 638 valence electrons. The van der Waals surface area contributed by atoms with Crippen molar-refractivity contribution in [3.8, 4) is 0 Å². The number of ether oxygens (including phenoxy) is 2. The Morgan fingerprint density at radius 2 is 1.19 bits per heavy atom. The summed E-state index contributed by atoms with van der Waals surface area (Å²) in [5.74, 6) is -29.2. The van der Waals surface area contributed by atoms with E-state index in [4.69, 9.17) is 26.7 Å². The zero-order chi connectivity index (χ0) is 86.7. The minimum absolute atomic E-state index is 0.00526. The molecule has 0 radical (unpaired) electrons. The van der Waals surface area contributed by atoms with Gasteiger partial charge >= 0.3 is 29.8 Å². The van der Waals surface area contributed by atoms with Gasteiger partial charge in [0.1, 0.15) is 72.6 Å². The number of primary amides is 2. The van der Waals surface area contributed by atoms with Gasteiger partial charge in [-0.3, -0.25) is 86.3 Å². The summed E-state index contributed by atoms with van der Waals surface area (Å²) in [7, 11) is 1.69.